The Labute approximate surface area is 132 Å². The number of aromatic amines is 1. The third kappa shape index (κ3) is 2.67. The van der Waals surface area contributed by atoms with Crippen LogP contribution in [0.4, 0.5) is 14.5 Å². The summed E-state index contributed by atoms with van der Waals surface area (Å²) in [4.78, 5) is 41.5. The molecule has 0 aliphatic heterocycles. The van der Waals surface area contributed by atoms with Crippen molar-refractivity contribution in [2.24, 2.45) is 7.05 Å². The van der Waals surface area contributed by atoms with Crippen LogP contribution in [0.15, 0.2) is 40.1 Å². The molecule has 1 amide bonds. The number of rotatable bonds is 2. The van der Waals surface area contributed by atoms with Gasteiger partial charge in [-0.05, 0) is 18.2 Å². The zero-order valence-electron chi connectivity index (χ0n) is 12.3. The van der Waals surface area contributed by atoms with Gasteiger partial charge in [-0.3, -0.25) is 19.1 Å². The van der Waals surface area contributed by atoms with Crippen LogP contribution in [0.5, 0.6) is 0 Å². The Morgan fingerprint density at radius 1 is 1.25 bits per heavy atom. The Hall–Kier alpha value is -3.36. The number of amides is 1. The topological polar surface area (TPSA) is 96.9 Å². The molecule has 0 spiro atoms. The number of anilines is 1. The van der Waals surface area contributed by atoms with E-state index in [1.165, 1.54) is 13.1 Å². The van der Waals surface area contributed by atoms with Crippen LogP contribution in [0.25, 0.3) is 11.0 Å². The van der Waals surface area contributed by atoms with Gasteiger partial charge in [0.05, 0.1) is 16.6 Å². The minimum Gasteiger partial charge on any atom is -0.319 e. The van der Waals surface area contributed by atoms with Gasteiger partial charge in [0.1, 0.15) is 17.3 Å². The third-order valence-electron chi connectivity index (χ3n) is 3.40. The normalized spacial score (nSPS) is 10.8. The molecule has 0 unspecified atom stereocenters. The molecule has 0 bridgehead atoms. The van der Waals surface area contributed by atoms with E-state index in [-0.39, 0.29) is 22.3 Å². The number of aryl methyl sites for hydroxylation is 1. The number of halogens is 2. The number of carbonyl (C=O) groups excluding carboxylic acids is 1. The summed E-state index contributed by atoms with van der Waals surface area (Å²) in [5, 5.41) is 2.29. The van der Waals surface area contributed by atoms with E-state index in [0.29, 0.717) is 6.07 Å². The average Bonchev–Trinajstić information content (AvgIpc) is 2.55. The standard InChI is InChI=1S/C15H10F2N4O3/c1-21-12-9(14(23)20-15(21)24)4-7(6-18-12)13(22)19-11-3-2-8(16)5-10(11)17/h2-6H,1H3,(H,19,22)(H,20,23,24). The third-order valence-corrected chi connectivity index (χ3v) is 3.40. The first-order valence-corrected chi connectivity index (χ1v) is 6.72. The van der Waals surface area contributed by atoms with E-state index in [9.17, 15) is 23.2 Å². The lowest BCUT2D eigenvalue weighted by Crippen LogP contribution is -2.29. The van der Waals surface area contributed by atoms with E-state index in [4.69, 9.17) is 0 Å². The molecule has 1 aromatic carbocycles. The molecule has 2 aromatic heterocycles. The number of hydrogen-bond acceptors (Lipinski definition) is 4. The van der Waals surface area contributed by atoms with Crippen LogP contribution in [0.2, 0.25) is 0 Å². The van der Waals surface area contributed by atoms with E-state index < -0.39 is 28.8 Å². The number of fused-ring (bicyclic) bond motifs is 1. The van der Waals surface area contributed by atoms with Crippen molar-refractivity contribution < 1.29 is 13.6 Å². The number of H-pyrrole nitrogens is 1. The second kappa shape index (κ2) is 5.69. The van der Waals surface area contributed by atoms with Gasteiger partial charge in [0, 0.05) is 19.3 Å². The molecule has 0 saturated carbocycles. The van der Waals surface area contributed by atoms with Gasteiger partial charge in [-0.1, -0.05) is 0 Å². The van der Waals surface area contributed by atoms with Gasteiger partial charge in [-0.2, -0.15) is 0 Å². The molecule has 0 aliphatic rings. The molecule has 24 heavy (non-hydrogen) atoms. The van der Waals surface area contributed by atoms with Crippen molar-refractivity contribution in [3.63, 3.8) is 0 Å². The van der Waals surface area contributed by atoms with E-state index in [2.05, 4.69) is 15.3 Å². The monoisotopic (exact) mass is 332 g/mol. The predicted octanol–water partition coefficient (Wildman–Crippen LogP) is 1.15. The van der Waals surface area contributed by atoms with Crippen LogP contribution in [0, 0.1) is 11.6 Å². The van der Waals surface area contributed by atoms with Crippen molar-refractivity contribution in [3.05, 3.63) is 68.5 Å². The van der Waals surface area contributed by atoms with Gasteiger partial charge in [0.25, 0.3) is 11.5 Å². The fourth-order valence-electron chi connectivity index (χ4n) is 2.15. The van der Waals surface area contributed by atoms with Gasteiger partial charge < -0.3 is 5.32 Å². The van der Waals surface area contributed by atoms with Crippen molar-refractivity contribution in [3.8, 4) is 0 Å². The number of aromatic nitrogens is 3. The molecule has 9 heteroatoms. The maximum Gasteiger partial charge on any atom is 0.329 e. The lowest BCUT2D eigenvalue weighted by molar-refractivity contribution is 0.102. The molecule has 3 rings (SSSR count). The summed E-state index contributed by atoms with van der Waals surface area (Å²) in [5.74, 6) is -2.44. The number of nitrogens with zero attached hydrogens (tertiary/aromatic N) is 2. The summed E-state index contributed by atoms with van der Waals surface area (Å²) in [6, 6.07) is 3.94. The first-order valence-electron chi connectivity index (χ1n) is 6.72. The highest BCUT2D eigenvalue weighted by Gasteiger charge is 2.13. The lowest BCUT2D eigenvalue weighted by atomic mass is 10.2. The fourth-order valence-corrected chi connectivity index (χ4v) is 2.15. The van der Waals surface area contributed by atoms with Gasteiger partial charge in [0.15, 0.2) is 0 Å². The second-order valence-electron chi connectivity index (χ2n) is 4.99. The lowest BCUT2D eigenvalue weighted by Gasteiger charge is -2.08. The van der Waals surface area contributed by atoms with Crippen LogP contribution in [0.3, 0.4) is 0 Å². The van der Waals surface area contributed by atoms with Gasteiger partial charge in [0.2, 0.25) is 0 Å². The van der Waals surface area contributed by atoms with Crippen LogP contribution in [-0.4, -0.2) is 20.4 Å². The first kappa shape index (κ1) is 15.5. The van der Waals surface area contributed by atoms with Gasteiger partial charge >= 0.3 is 5.69 Å². The minimum absolute atomic E-state index is 0.0182. The van der Waals surface area contributed by atoms with E-state index >= 15 is 0 Å². The molecule has 0 atom stereocenters. The van der Waals surface area contributed by atoms with Crippen LogP contribution in [0.1, 0.15) is 10.4 Å². The number of hydrogen-bond donors (Lipinski definition) is 2. The Bertz CT molecular complexity index is 1090. The van der Waals surface area contributed by atoms with Crippen molar-refractivity contribution >= 4 is 22.6 Å². The second-order valence-corrected chi connectivity index (χ2v) is 4.99. The van der Waals surface area contributed by atoms with Gasteiger partial charge in [-0.25, -0.2) is 18.6 Å². The maximum absolute atomic E-state index is 13.6. The Kier molecular flexibility index (Phi) is 3.68. The summed E-state index contributed by atoms with van der Waals surface area (Å²) < 4.78 is 27.6. The quantitative estimate of drug-likeness (QED) is 0.736. The molecular weight excluding hydrogens is 322 g/mol. The van der Waals surface area contributed by atoms with Crippen LogP contribution < -0.4 is 16.6 Å². The molecule has 0 aliphatic carbocycles. The average molecular weight is 332 g/mol. The SMILES string of the molecule is Cn1c(=O)[nH]c(=O)c2cc(C(=O)Nc3ccc(F)cc3F)cnc21. The van der Waals surface area contributed by atoms with Crippen LogP contribution in [-0.2, 0) is 7.05 Å². The molecule has 0 saturated heterocycles. The van der Waals surface area contributed by atoms with Crippen molar-refractivity contribution in [2.45, 2.75) is 0 Å². The number of carbonyl (C=O) groups is 1. The highest BCUT2D eigenvalue weighted by molar-refractivity contribution is 6.05. The smallest absolute Gasteiger partial charge is 0.319 e. The fraction of sp³-hybridized carbons (Fsp3) is 0.0667. The Balaban J connectivity index is 2.02. The number of pyridine rings is 1. The highest BCUT2D eigenvalue weighted by atomic mass is 19.1. The predicted molar refractivity (Wildman–Crippen MR) is 81.9 cm³/mol. The molecule has 2 heterocycles. The Morgan fingerprint density at radius 2 is 2.00 bits per heavy atom. The minimum atomic E-state index is -0.933. The molecular formula is C15H10F2N4O3. The number of benzene rings is 1. The molecule has 0 radical (unpaired) electrons. The van der Waals surface area contributed by atoms with Crippen molar-refractivity contribution in [1.82, 2.24) is 14.5 Å². The molecule has 2 N–H and O–H groups in total. The van der Waals surface area contributed by atoms with E-state index in [1.807, 2.05) is 0 Å². The number of nitrogens with one attached hydrogen (secondary N) is 2. The first-order chi connectivity index (χ1) is 11.4. The van der Waals surface area contributed by atoms with E-state index in [1.54, 1.807) is 0 Å². The maximum atomic E-state index is 13.6. The highest BCUT2D eigenvalue weighted by Crippen LogP contribution is 2.16. The summed E-state index contributed by atoms with van der Waals surface area (Å²) in [6.45, 7) is 0. The summed E-state index contributed by atoms with van der Waals surface area (Å²) in [7, 11) is 1.42. The zero-order valence-corrected chi connectivity index (χ0v) is 12.3. The summed E-state index contributed by atoms with van der Waals surface area (Å²) in [5.41, 5.74) is -1.45. The van der Waals surface area contributed by atoms with Crippen LogP contribution >= 0.6 is 0 Å². The summed E-state index contributed by atoms with van der Waals surface area (Å²) >= 11 is 0. The van der Waals surface area contributed by atoms with Crippen molar-refractivity contribution in [1.29, 1.82) is 0 Å². The summed E-state index contributed by atoms with van der Waals surface area (Å²) in [6.07, 6.45) is 1.15. The zero-order chi connectivity index (χ0) is 17.4. The molecule has 0 fully saturated rings. The Morgan fingerprint density at radius 3 is 2.71 bits per heavy atom. The van der Waals surface area contributed by atoms with E-state index in [0.717, 1.165) is 22.9 Å². The van der Waals surface area contributed by atoms with Crippen molar-refractivity contribution in [2.75, 3.05) is 5.32 Å². The molecule has 122 valence electrons. The molecule has 7 nitrogen and oxygen atoms in total. The van der Waals surface area contributed by atoms with Gasteiger partial charge in [-0.15, -0.1) is 0 Å². The molecule has 3 aromatic rings. The largest absolute Gasteiger partial charge is 0.329 e.